The zero-order valence-corrected chi connectivity index (χ0v) is 19.1. The number of fused-ring (bicyclic) bond motifs is 1. The van der Waals surface area contributed by atoms with Crippen molar-refractivity contribution in [2.24, 2.45) is 0 Å². The standard InChI is InChI=1S/C27H26N2O5/c1-3-32-20-13-9-18(10-14-20)17-24(30)29-25-22-7-5-6-8-23(22)34-26(25)27(31)28-19-11-15-21(16-12-19)33-4-2/h5-16H,3-4,17H2,1-2H3,(H,28,31)(H,29,30). The second-order valence-electron chi connectivity index (χ2n) is 7.52. The lowest BCUT2D eigenvalue weighted by molar-refractivity contribution is -0.115. The van der Waals surface area contributed by atoms with E-state index >= 15 is 0 Å². The van der Waals surface area contributed by atoms with Crippen LogP contribution >= 0.6 is 0 Å². The molecule has 0 aliphatic rings. The molecule has 0 saturated carbocycles. The SMILES string of the molecule is CCOc1ccc(CC(=O)Nc2c(C(=O)Nc3ccc(OCC)cc3)oc3ccccc23)cc1. The normalized spacial score (nSPS) is 10.6. The van der Waals surface area contributed by atoms with Gasteiger partial charge in [0.1, 0.15) is 22.8 Å². The van der Waals surface area contributed by atoms with Crippen LogP contribution in [0.5, 0.6) is 11.5 Å². The van der Waals surface area contributed by atoms with E-state index in [0.29, 0.717) is 41.3 Å². The minimum atomic E-state index is -0.461. The van der Waals surface area contributed by atoms with Crippen molar-refractivity contribution in [1.29, 1.82) is 0 Å². The molecule has 4 rings (SSSR count). The van der Waals surface area contributed by atoms with Gasteiger partial charge in [-0.2, -0.15) is 0 Å². The molecule has 0 unspecified atom stereocenters. The molecular formula is C27H26N2O5. The molecule has 3 aromatic carbocycles. The number of para-hydroxylation sites is 1. The summed E-state index contributed by atoms with van der Waals surface area (Å²) in [7, 11) is 0. The van der Waals surface area contributed by atoms with Crippen LogP contribution in [-0.4, -0.2) is 25.0 Å². The summed E-state index contributed by atoms with van der Waals surface area (Å²) in [6.45, 7) is 4.96. The predicted molar refractivity (Wildman–Crippen MR) is 132 cm³/mol. The number of carbonyl (C=O) groups excluding carboxylic acids is 2. The van der Waals surface area contributed by atoms with Crippen LogP contribution in [0.4, 0.5) is 11.4 Å². The first-order valence-electron chi connectivity index (χ1n) is 11.1. The van der Waals surface area contributed by atoms with Crippen molar-refractivity contribution in [3.05, 3.63) is 84.1 Å². The molecule has 0 spiro atoms. The van der Waals surface area contributed by atoms with Gasteiger partial charge in [0.2, 0.25) is 11.7 Å². The van der Waals surface area contributed by atoms with E-state index in [2.05, 4.69) is 10.6 Å². The fourth-order valence-corrected chi connectivity index (χ4v) is 3.56. The maximum absolute atomic E-state index is 13.1. The average Bonchev–Trinajstić information content (AvgIpc) is 3.20. The molecule has 0 saturated heterocycles. The first-order valence-corrected chi connectivity index (χ1v) is 11.1. The van der Waals surface area contributed by atoms with Gasteiger partial charge in [-0.3, -0.25) is 9.59 Å². The van der Waals surface area contributed by atoms with E-state index in [-0.39, 0.29) is 18.1 Å². The van der Waals surface area contributed by atoms with E-state index in [1.54, 1.807) is 36.4 Å². The van der Waals surface area contributed by atoms with Gasteiger partial charge in [-0.25, -0.2) is 0 Å². The third-order valence-corrected chi connectivity index (χ3v) is 5.09. The number of hydrogen-bond acceptors (Lipinski definition) is 5. The summed E-state index contributed by atoms with van der Waals surface area (Å²) in [5.74, 6) is 0.782. The zero-order valence-electron chi connectivity index (χ0n) is 19.1. The number of hydrogen-bond donors (Lipinski definition) is 2. The largest absolute Gasteiger partial charge is 0.494 e. The lowest BCUT2D eigenvalue weighted by Crippen LogP contribution is -2.18. The summed E-state index contributed by atoms with van der Waals surface area (Å²) in [5, 5.41) is 6.34. The van der Waals surface area contributed by atoms with Crippen LogP contribution in [0.1, 0.15) is 30.0 Å². The van der Waals surface area contributed by atoms with Gasteiger partial charge in [-0.1, -0.05) is 24.3 Å². The first kappa shape index (κ1) is 22.9. The Morgan fingerprint density at radius 1 is 0.794 bits per heavy atom. The molecule has 174 valence electrons. The van der Waals surface area contributed by atoms with Crippen LogP contribution in [0.2, 0.25) is 0 Å². The summed E-state index contributed by atoms with van der Waals surface area (Å²) in [6, 6.07) is 21.6. The molecule has 1 heterocycles. The highest BCUT2D eigenvalue weighted by Crippen LogP contribution is 2.32. The van der Waals surface area contributed by atoms with E-state index in [0.717, 1.165) is 11.3 Å². The molecule has 2 N–H and O–H groups in total. The molecule has 1 aromatic heterocycles. The minimum Gasteiger partial charge on any atom is -0.494 e. The molecule has 7 heteroatoms. The maximum atomic E-state index is 13.1. The first-order chi connectivity index (χ1) is 16.6. The van der Waals surface area contributed by atoms with Gasteiger partial charge in [-0.05, 0) is 67.9 Å². The van der Waals surface area contributed by atoms with Crippen molar-refractivity contribution in [2.45, 2.75) is 20.3 Å². The highest BCUT2D eigenvalue weighted by atomic mass is 16.5. The van der Waals surface area contributed by atoms with Gasteiger partial charge in [0.25, 0.3) is 5.91 Å². The van der Waals surface area contributed by atoms with Crippen LogP contribution in [-0.2, 0) is 11.2 Å². The van der Waals surface area contributed by atoms with E-state index in [4.69, 9.17) is 13.9 Å². The second kappa shape index (κ2) is 10.6. The summed E-state index contributed by atoms with van der Waals surface area (Å²) < 4.78 is 16.7. The molecule has 0 bridgehead atoms. The zero-order chi connectivity index (χ0) is 23.9. The lowest BCUT2D eigenvalue weighted by Gasteiger charge is -2.09. The van der Waals surface area contributed by atoms with Crippen molar-refractivity contribution in [3.8, 4) is 11.5 Å². The number of nitrogens with one attached hydrogen (secondary N) is 2. The molecule has 0 atom stereocenters. The predicted octanol–water partition coefficient (Wildman–Crippen LogP) is 5.66. The number of rotatable bonds is 9. The van der Waals surface area contributed by atoms with Gasteiger partial charge in [0.05, 0.1) is 19.6 Å². The van der Waals surface area contributed by atoms with Gasteiger partial charge < -0.3 is 24.5 Å². The smallest absolute Gasteiger partial charge is 0.293 e. The lowest BCUT2D eigenvalue weighted by atomic mass is 10.1. The molecule has 0 aliphatic heterocycles. The quantitative estimate of drug-likeness (QED) is 0.338. The van der Waals surface area contributed by atoms with E-state index in [1.165, 1.54) is 0 Å². The Morgan fingerprint density at radius 2 is 1.41 bits per heavy atom. The molecule has 4 aromatic rings. The Balaban J connectivity index is 1.53. The fourth-order valence-electron chi connectivity index (χ4n) is 3.56. The third-order valence-electron chi connectivity index (χ3n) is 5.09. The van der Waals surface area contributed by atoms with Crippen LogP contribution in [0.25, 0.3) is 11.0 Å². The van der Waals surface area contributed by atoms with Gasteiger partial charge >= 0.3 is 0 Å². The summed E-state index contributed by atoms with van der Waals surface area (Å²) >= 11 is 0. The molecule has 0 fully saturated rings. The minimum absolute atomic E-state index is 0.0372. The summed E-state index contributed by atoms with van der Waals surface area (Å²) in [4.78, 5) is 25.9. The number of benzene rings is 3. The number of amides is 2. The van der Waals surface area contributed by atoms with Gasteiger partial charge in [-0.15, -0.1) is 0 Å². The van der Waals surface area contributed by atoms with E-state index < -0.39 is 5.91 Å². The van der Waals surface area contributed by atoms with Crippen LogP contribution in [0.3, 0.4) is 0 Å². The van der Waals surface area contributed by atoms with Crippen molar-refractivity contribution >= 4 is 34.2 Å². The Hall–Kier alpha value is -4.26. The summed E-state index contributed by atoms with van der Waals surface area (Å²) in [5.41, 5.74) is 2.26. The fraction of sp³-hybridized carbons (Fsp3) is 0.185. The van der Waals surface area contributed by atoms with E-state index in [1.807, 2.05) is 50.2 Å². The Kier molecular flexibility index (Phi) is 7.13. The Bertz CT molecular complexity index is 1280. The third kappa shape index (κ3) is 5.38. The number of ether oxygens (including phenoxy) is 2. The topological polar surface area (TPSA) is 89.8 Å². The average molecular weight is 459 g/mol. The Labute approximate surface area is 197 Å². The molecule has 34 heavy (non-hydrogen) atoms. The molecule has 0 radical (unpaired) electrons. The van der Waals surface area contributed by atoms with Crippen molar-refractivity contribution in [2.75, 3.05) is 23.8 Å². The van der Waals surface area contributed by atoms with Crippen LogP contribution in [0.15, 0.2) is 77.2 Å². The number of furan rings is 1. The maximum Gasteiger partial charge on any atom is 0.293 e. The van der Waals surface area contributed by atoms with Crippen molar-refractivity contribution < 1.29 is 23.5 Å². The molecule has 2 amide bonds. The van der Waals surface area contributed by atoms with Crippen LogP contribution in [0, 0.1) is 0 Å². The molecule has 7 nitrogen and oxygen atoms in total. The second-order valence-corrected chi connectivity index (χ2v) is 7.52. The molecule has 0 aliphatic carbocycles. The van der Waals surface area contributed by atoms with Gasteiger partial charge in [0, 0.05) is 11.1 Å². The monoisotopic (exact) mass is 458 g/mol. The highest BCUT2D eigenvalue weighted by molar-refractivity contribution is 6.14. The molecular weight excluding hydrogens is 432 g/mol. The van der Waals surface area contributed by atoms with Gasteiger partial charge in [0.15, 0.2) is 0 Å². The van der Waals surface area contributed by atoms with Crippen molar-refractivity contribution in [1.82, 2.24) is 0 Å². The number of carbonyl (C=O) groups is 2. The summed E-state index contributed by atoms with van der Waals surface area (Å²) in [6.07, 6.45) is 0.145. The van der Waals surface area contributed by atoms with Crippen LogP contribution < -0.4 is 20.1 Å². The Morgan fingerprint density at radius 3 is 2.06 bits per heavy atom. The van der Waals surface area contributed by atoms with Crippen molar-refractivity contribution in [3.63, 3.8) is 0 Å². The number of anilines is 2. The van der Waals surface area contributed by atoms with E-state index in [9.17, 15) is 9.59 Å². The highest BCUT2D eigenvalue weighted by Gasteiger charge is 2.22.